The topological polar surface area (TPSA) is 49.6 Å². The fourth-order valence-electron chi connectivity index (χ4n) is 10.0. The first kappa shape index (κ1) is 35.3. The summed E-state index contributed by atoms with van der Waals surface area (Å²) >= 11 is 0. The predicted molar refractivity (Wildman–Crippen MR) is 255 cm³/mol. The van der Waals surface area contributed by atoms with Crippen LogP contribution < -0.4 is 5.32 Å². The van der Waals surface area contributed by atoms with E-state index in [-0.39, 0.29) is 5.41 Å². The fraction of sp³-hybridized carbons (Fsp3) is 0.0702. The van der Waals surface area contributed by atoms with Crippen LogP contribution in [0, 0.1) is 0 Å². The summed E-state index contributed by atoms with van der Waals surface area (Å²) in [5, 5.41) is 13.7. The van der Waals surface area contributed by atoms with Crippen molar-refractivity contribution in [3.05, 3.63) is 222 Å². The molecular weight excluding hydrogens is 741 g/mol. The Morgan fingerprint density at radius 2 is 1.00 bits per heavy atom. The maximum Gasteiger partial charge on any atom is 0.169 e. The quantitative estimate of drug-likeness (QED) is 0.177. The molecule has 1 atom stereocenters. The first-order valence-electron chi connectivity index (χ1n) is 21.0. The highest BCUT2D eigenvalue weighted by Gasteiger charge is 2.36. The number of pyridine rings is 1. The van der Waals surface area contributed by atoms with E-state index < -0.39 is 6.17 Å². The van der Waals surface area contributed by atoms with Gasteiger partial charge < -0.3 is 5.32 Å². The summed E-state index contributed by atoms with van der Waals surface area (Å²) in [5.74, 6) is 1.60. The molecule has 0 bridgehead atoms. The molecule has 0 fully saturated rings. The maximum atomic E-state index is 5.48. The second-order valence-corrected chi connectivity index (χ2v) is 16.8. The van der Waals surface area contributed by atoms with Gasteiger partial charge in [-0.3, -0.25) is 4.98 Å². The predicted octanol–water partition coefficient (Wildman–Crippen LogP) is 13.8. The van der Waals surface area contributed by atoms with Crippen LogP contribution in [0.2, 0.25) is 0 Å². The van der Waals surface area contributed by atoms with Crippen molar-refractivity contribution in [2.24, 2.45) is 9.98 Å². The summed E-state index contributed by atoms with van der Waals surface area (Å²) in [5.41, 5.74) is 12.5. The third-order valence-corrected chi connectivity index (χ3v) is 13.0. The molecule has 0 radical (unpaired) electrons. The minimum atomic E-state index is -0.517. The lowest BCUT2D eigenvalue weighted by Crippen LogP contribution is -2.36. The van der Waals surface area contributed by atoms with Crippen LogP contribution in [0.3, 0.4) is 0 Å². The number of nitrogens with zero attached hydrogens (tertiary/aromatic N) is 3. The van der Waals surface area contributed by atoms with E-state index in [1.165, 1.54) is 70.9 Å². The highest BCUT2D eigenvalue weighted by molar-refractivity contribution is 6.33. The average Bonchev–Trinajstić information content (AvgIpc) is 3.56. The lowest BCUT2D eigenvalue weighted by Gasteiger charge is -2.25. The minimum absolute atomic E-state index is 0.139. The molecule has 1 aromatic heterocycles. The molecule has 4 nitrogen and oxygen atoms in total. The lowest BCUT2D eigenvalue weighted by atomic mass is 9.82. The van der Waals surface area contributed by atoms with E-state index in [1.54, 1.807) is 0 Å². The smallest absolute Gasteiger partial charge is 0.169 e. The SMILES string of the molecule is CC1(C)c2ccccc2-c2ccc(C3=NC(c4cc(-c5cccnc5)cc(-c5cc6c7ccccc7c7ccccc7c6c6ccccc56)c4)N=C(c4ccccc4)N3)cc21. The molecule has 0 saturated carbocycles. The summed E-state index contributed by atoms with van der Waals surface area (Å²) in [6, 6.07) is 65.9. The summed E-state index contributed by atoms with van der Waals surface area (Å²) in [6.45, 7) is 4.65. The minimum Gasteiger partial charge on any atom is -0.324 e. The van der Waals surface area contributed by atoms with Crippen molar-refractivity contribution in [2.75, 3.05) is 0 Å². The van der Waals surface area contributed by atoms with Crippen molar-refractivity contribution < 1.29 is 0 Å². The van der Waals surface area contributed by atoms with E-state index >= 15 is 0 Å². The van der Waals surface area contributed by atoms with Crippen LogP contribution in [-0.4, -0.2) is 16.7 Å². The lowest BCUT2D eigenvalue weighted by molar-refractivity contribution is 0.660. The molecule has 288 valence electrons. The Kier molecular flexibility index (Phi) is 7.91. The Labute approximate surface area is 354 Å². The molecule has 1 N–H and O–H groups in total. The molecule has 0 amide bonds. The molecule has 0 saturated heterocycles. The number of amidine groups is 2. The second kappa shape index (κ2) is 13.7. The first-order chi connectivity index (χ1) is 30.0. The van der Waals surface area contributed by atoms with E-state index in [0.717, 1.165) is 45.1 Å². The highest BCUT2D eigenvalue weighted by Crippen LogP contribution is 2.49. The number of hydrogen-bond donors (Lipinski definition) is 1. The van der Waals surface area contributed by atoms with Gasteiger partial charge in [0.05, 0.1) is 0 Å². The third-order valence-electron chi connectivity index (χ3n) is 13.0. The van der Waals surface area contributed by atoms with Crippen molar-refractivity contribution in [2.45, 2.75) is 25.4 Å². The van der Waals surface area contributed by atoms with Crippen LogP contribution in [0.5, 0.6) is 0 Å². The summed E-state index contributed by atoms with van der Waals surface area (Å²) in [7, 11) is 0. The number of rotatable bonds is 5. The van der Waals surface area contributed by atoms with Gasteiger partial charge >= 0.3 is 0 Å². The van der Waals surface area contributed by atoms with Crippen LogP contribution in [-0.2, 0) is 5.41 Å². The molecule has 1 unspecified atom stereocenters. The Morgan fingerprint density at radius 1 is 0.410 bits per heavy atom. The van der Waals surface area contributed by atoms with Crippen LogP contribution in [0.25, 0.3) is 76.5 Å². The zero-order valence-corrected chi connectivity index (χ0v) is 33.9. The molecule has 2 heterocycles. The zero-order chi connectivity index (χ0) is 40.7. The number of fused-ring (bicyclic) bond motifs is 11. The molecule has 1 aliphatic carbocycles. The van der Waals surface area contributed by atoms with Gasteiger partial charge in [0.2, 0.25) is 0 Å². The Balaban J connectivity index is 1.09. The highest BCUT2D eigenvalue weighted by atomic mass is 15.2. The number of nitrogens with one attached hydrogen (secondary N) is 1. The standard InChI is InChI=1S/C57H40N4/c1-57(2)51-25-13-12-22-45(51)46-27-26-36(32-52(46)57)55-59-54(35-15-4-3-5-16-35)60-56(61-55)40-30-38(37-17-14-28-58-34-37)29-39(31-40)49-33-50-43-20-7-6-18-41(43)42-19-8-10-23-47(42)53(50)48-24-11-9-21-44(48)49/h3-34,56H,1-2H3,(H,59,60,61). The third kappa shape index (κ3) is 5.63. The normalized spacial score (nSPS) is 15.3. The van der Waals surface area contributed by atoms with Crippen molar-refractivity contribution in [1.82, 2.24) is 10.3 Å². The van der Waals surface area contributed by atoms with Gasteiger partial charge in [0.25, 0.3) is 0 Å². The molecule has 4 heteroatoms. The van der Waals surface area contributed by atoms with Gasteiger partial charge in [-0.25, -0.2) is 9.98 Å². The van der Waals surface area contributed by atoms with Crippen LogP contribution >= 0.6 is 0 Å². The number of aliphatic imine (C=N–C) groups is 2. The molecule has 0 spiro atoms. The molecule has 12 rings (SSSR count). The van der Waals surface area contributed by atoms with Gasteiger partial charge in [-0.2, -0.15) is 0 Å². The van der Waals surface area contributed by atoms with E-state index in [9.17, 15) is 0 Å². The van der Waals surface area contributed by atoms with Crippen molar-refractivity contribution in [3.8, 4) is 33.4 Å². The van der Waals surface area contributed by atoms with E-state index in [1.807, 2.05) is 24.5 Å². The van der Waals surface area contributed by atoms with Gasteiger partial charge in [-0.05, 0) is 124 Å². The van der Waals surface area contributed by atoms with Crippen LogP contribution in [0.1, 0.15) is 47.8 Å². The molecule has 9 aromatic carbocycles. The van der Waals surface area contributed by atoms with Crippen LogP contribution in [0.15, 0.2) is 204 Å². The Bertz CT molecular complexity index is 3470. The Morgan fingerprint density at radius 3 is 1.75 bits per heavy atom. The molecule has 10 aromatic rings. The van der Waals surface area contributed by atoms with E-state index in [2.05, 4.69) is 194 Å². The Hall–Kier alpha value is -7.69. The van der Waals surface area contributed by atoms with E-state index in [4.69, 9.17) is 9.98 Å². The second-order valence-electron chi connectivity index (χ2n) is 16.8. The molecule has 61 heavy (non-hydrogen) atoms. The van der Waals surface area contributed by atoms with Crippen LogP contribution in [0.4, 0.5) is 0 Å². The van der Waals surface area contributed by atoms with Gasteiger partial charge in [0, 0.05) is 34.5 Å². The van der Waals surface area contributed by atoms with Gasteiger partial charge in [-0.1, -0.05) is 159 Å². The molecule has 1 aliphatic heterocycles. The zero-order valence-electron chi connectivity index (χ0n) is 33.9. The largest absolute Gasteiger partial charge is 0.324 e. The summed E-state index contributed by atoms with van der Waals surface area (Å²) < 4.78 is 0. The monoisotopic (exact) mass is 780 g/mol. The fourth-order valence-corrected chi connectivity index (χ4v) is 10.0. The van der Waals surface area contributed by atoms with E-state index in [0.29, 0.717) is 0 Å². The van der Waals surface area contributed by atoms with Crippen molar-refractivity contribution in [1.29, 1.82) is 0 Å². The molecule has 2 aliphatic rings. The summed E-state index contributed by atoms with van der Waals surface area (Å²) in [6.07, 6.45) is 3.26. The van der Waals surface area contributed by atoms with Gasteiger partial charge in [-0.15, -0.1) is 0 Å². The van der Waals surface area contributed by atoms with Crippen molar-refractivity contribution in [3.63, 3.8) is 0 Å². The first-order valence-corrected chi connectivity index (χ1v) is 21.0. The number of benzene rings is 9. The van der Waals surface area contributed by atoms with Gasteiger partial charge in [0.15, 0.2) is 6.17 Å². The number of hydrogen-bond acceptors (Lipinski definition) is 4. The average molecular weight is 781 g/mol. The maximum absolute atomic E-state index is 5.48. The number of aromatic nitrogens is 1. The van der Waals surface area contributed by atoms with Gasteiger partial charge in [0.1, 0.15) is 11.7 Å². The summed E-state index contributed by atoms with van der Waals surface area (Å²) in [4.78, 5) is 15.4. The molecular formula is C57H40N4. The van der Waals surface area contributed by atoms with Crippen molar-refractivity contribution >= 4 is 54.8 Å².